The van der Waals surface area contributed by atoms with Crippen molar-refractivity contribution >= 4 is 20.9 Å². The van der Waals surface area contributed by atoms with E-state index < -0.39 is 21.4 Å². The summed E-state index contributed by atoms with van der Waals surface area (Å²) in [6.07, 6.45) is 0.664. The van der Waals surface area contributed by atoms with E-state index in [-0.39, 0.29) is 10.3 Å². The van der Waals surface area contributed by atoms with Crippen molar-refractivity contribution in [2.45, 2.75) is 24.8 Å². The van der Waals surface area contributed by atoms with Crippen molar-refractivity contribution in [1.82, 2.24) is 14.2 Å². The van der Waals surface area contributed by atoms with Gasteiger partial charge in [-0.05, 0) is 52.2 Å². The zero-order chi connectivity index (χ0) is 17.9. The van der Waals surface area contributed by atoms with Gasteiger partial charge in [0.25, 0.3) is 0 Å². The summed E-state index contributed by atoms with van der Waals surface area (Å²) in [5.74, 6) is -0.757. The monoisotopic (exact) mass is 355 g/mol. The van der Waals surface area contributed by atoms with Crippen molar-refractivity contribution in [3.05, 3.63) is 39.2 Å². The lowest BCUT2D eigenvalue weighted by molar-refractivity contribution is 0.400. The molecule has 0 unspecified atom stereocenters. The van der Waals surface area contributed by atoms with E-state index in [1.54, 1.807) is 6.92 Å². The molecule has 0 fully saturated rings. The molecule has 8 nitrogen and oxygen atoms in total. The quantitative estimate of drug-likeness (QED) is 0.712. The molecule has 2 aromatic rings. The number of aromatic nitrogens is 1. The number of hydrogen-bond acceptors (Lipinski definition) is 6. The third-order valence-electron chi connectivity index (χ3n) is 3.58. The van der Waals surface area contributed by atoms with Crippen LogP contribution in [0.5, 0.6) is 0 Å². The van der Waals surface area contributed by atoms with Crippen molar-refractivity contribution < 1.29 is 12.8 Å². The molecule has 0 aliphatic heterocycles. The number of fused-ring (bicyclic) bond motifs is 1. The third-order valence-corrected chi connectivity index (χ3v) is 5.04. The maximum atomic E-state index is 12.3. The second-order valence-electron chi connectivity index (χ2n) is 5.63. The first-order valence-corrected chi connectivity index (χ1v) is 9.06. The minimum Gasteiger partial charge on any atom is -0.372 e. The highest BCUT2D eigenvalue weighted by molar-refractivity contribution is 7.89. The fourth-order valence-electron chi connectivity index (χ4n) is 2.35. The average molecular weight is 355 g/mol. The molecular formula is C15H21N3O5S. The maximum Gasteiger partial charge on any atom is 0.422 e. The Balaban J connectivity index is 2.37. The second-order valence-corrected chi connectivity index (χ2v) is 7.40. The van der Waals surface area contributed by atoms with Crippen LogP contribution in [0.3, 0.4) is 0 Å². The van der Waals surface area contributed by atoms with Gasteiger partial charge in [-0.25, -0.2) is 22.7 Å². The maximum absolute atomic E-state index is 12.3. The fourth-order valence-corrected chi connectivity index (χ4v) is 3.45. The van der Waals surface area contributed by atoms with Crippen LogP contribution >= 0.6 is 0 Å². The molecule has 132 valence electrons. The highest BCUT2D eigenvalue weighted by atomic mass is 32.2. The van der Waals surface area contributed by atoms with Crippen LogP contribution < -0.4 is 16.1 Å². The molecule has 1 N–H and O–H groups in total. The number of nitrogens with zero attached hydrogens (tertiary/aromatic N) is 2. The molecule has 1 heterocycles. The molecule has 0 radical (unpaired) electrons. The second kappa shape index (κ2) is 7.29. The number of nitrogens with one attached hydrogen (secondary N) is 1. The van der Waals surface area contributed by atoms with Crippen LogP contribution in [0.2, 0.25) is 0 Å². The van der Waals surface area contributed by atoms with E-state index in [1.807, 2.05) is 19.0 Å². The molecule has 0 atom stereocenters. The van der Waals surface area contributed by atoms with E-state index in [9.17, 15) is 18.0 Å². The van der Waals surface area contributed by atoms with Crippen LogP contribution in [0.4, 0.5) is 0 Å². The minimum atomic E-state index is -3.73. The lowest BCUT2D eigenvalue weighted by Gasteiger charge is -2.11. The van der Waals surface area contributed by atoms with Crippen molar-refractivity contribution in [2.24, 2.45) is 0 Å². The van der Waals surface area contributed by atoms with Gasteiger partial charge in [0.2, 0.25) is 10.0 Å². The Morgan fingerprint density at radius 3 is 2.58 bits per heavy atom. The summed E-state index contributed by atoms with van der Waals surface area (Å²) in [5, 5.41) is 0.0626. The minimum absolute atomic E-state index is 0.0338. The van der Waals surface area contributed by atoms with Crippen LogP contribution in [-0.2, 0) is 16.6 Å². The summed E-state index contributed by atoms with van der Waals surface area (Å²) in [5.41, 5.74) is -0.491. The van der Waals surface area contributed by atoms with Gasteiger partial charge in [-0.3, -0.25) is 4.57 Å². The molecule has 0 spiro atoms. The standard InChI is InChI=1S/C15H21N3O5S/c1-4-18-13-7-6-11(10-12(13)14(19)23-15(18)20)24(21,22)16-8-5-9-17(2)3/h6-7,10,16H,4-5,8-9H2,1-3H3. The van der Waals surface area contributed by atoms with Crippen LogP contribution in [-0.4, -0.2) is 45.1 Å². The Bertz CT molecular complexity index is 944. The molecule has 2 rings (SSSR count). The highest BCUT2D eigenvalue weighted by Gasteiger charge is 2.17. The predicted molar refractivity (Wildman–Crippen MR) is 90.8 cm³/mol. The summed E-state index contributed by atoms with van der Waals surface area (Å²) in [7, 11) is 0.0816. The highest BCUT2D eigenvalue weighted by Crippen LogP contribution is 2.15. The Kier molecular flexibility index (Phi) is 5.58. The summed E-state index contributed by atoms with van der Waals surface area (Å²) < 4.78 is 33.1. The first-order valence-electron chi connectivity index (χ1n) is 7.58. The molecule has 9 heteroatoms. The summed E-state index contributed by atoms with van der Waals surface area (Å²) >= 11 is 0. The molecule has 1 aromatic carbocycles. The molecule has 0 aliphatic carbocycles. The van der Waals surface area contributed by atoms with Gasteiger partial charge < -0.3 is 9.32 Å². The van der Waals surface area contributed by atoms with Crippen molar-refractivity contribution in [1.29, 1.82) is 0 Å². The largest absolute Gasteiger partial charge is 0.422 e. The topological polar surface area (TPSA) is 102 Å². The van der Waals surface area contributed by atoms with Crippen LogP contribution in [0.15, 0.2) is 37.1 Å². The first kappa shape index (κ1) is 18.4. The van der Waals surface area contributed by atoms with Crippen LogP contribution in [0.1, 0.15) is 13.3 Å². The molecule has 0 amide bonds. The number of aryl methyl sites for hydroxylation is 1. The normalized spacial score (nSPS) is 12.2. The lowest BCUT2D eigenvalue weighted by Crippen LogP contribution is -2.28. The Morgan fingerprint density at radius 1 is 1.25 bits per heavy atom. The van der Waals surface area contributed by atoms with E-state index in [0.29, 0.717) is 25.0 Å². The fraction of sp³-hybridized carbons (Fsp3) is 0.467. The van der Waals surface area contributed by atoms with Gasteiger partial charge in [0, 0.05) is 13.1 Å². The van der Waals surface area contributed by atoms with Crippen LogP contribution in [0.25, 0.3) is 10.9 Å². The summed E-state index contributed by atoms with van der Waals surface area (Å²) in [6, 6.07) is 4.06. The number of sulfonamides is 1. The lowest BCUT2D eigenvalue weighted by atomic mass is 10.2. The van der Waals surface area contributed by atoms with Gasteiger partial charge in [0.1, 0.15) is 0 Å². The Labute approximate surface area is 139 Å². The number of benzene rings is 1. The Hall–Kier alpha value is -1.97. The van der Waals surface area contributed by atoms with Crippen molar-refractivity contribution in [3.8, 4) is 0 Å². The molecule has 0 bridgehead atoms. The van der Waals surface area contributed by atoms with E-state index in [4.69, 9.17) is 0 Å². The van der Waals surface area contributed by atoms with E-state index in [0.717, 1.165) is 6.54 Å². The zero-order valence-electron chi connectivity index (χ0n) is 13.9. The molecule has 0 saturated heterocycles. The number of rotatable bonds is 7. The average Bonchev–Trinajstić information content (AvgIpc) is 2.51. The third kappa shape index (κ3) is 3.92. The van der Waals surface area contributed by atoms with Crippen molar-refractivity contribution in [2.75, 3.05) is 27.2 Å². The summed E-state index contributed by atoms with van der Waals surface area (Å²) in [6.45, 7) is 3.10. The van der Waals surface area contributed by atoms with Crippen molar-refractivity contribution in [3.63, 3.8) is 0 Å². The molecule has 0 aliphatic rings. The predicted octanol–water partition coefficient (Wildman–Crippen LogP) is 0.205. The van der Waals surface area contributed by atoms with E-state index in [1.165, 1.54) is 22.8 Å². The van der Waals surface area contributed by atoms with Gasteiger partial charge in [0.15, 0.2) is 0 Å². The van der Waals surface area contributed by atoms with Gasteiger partial charge in [-0.2, -0.15) is 0 Å². The van der Waals surface area contributed by atoms with E-state index >= 15 is 0 Å². The smallest absolute Gasteiger partial charge is 0.372 e. The molecule has 24 heavy (non-hydrogen) atoms. The number of hydrogen-bond donors (Lipinski definition) is 1. The first-order chi connectivity index (χ1) is 11.3. The van der Waals surface area contributed by atoms with Gasteiger partial charge in [0.05, 0.1) is 15.8 Å². The summed E-state index contributed by atoms with van der Waals surface area (Å²) in [4.78, 5) is 25.5. The van der Waals surface area contributed by atoms with E-state index in [2.05, 4.69) is 9.14 Å². The van der Waals surface area contributed by atoms with Gasteiger partial charge in [-0.15, -0.1) is 0 Å². The zero-order valence-corrected chi connectivity index (χ0v) is 14.7. The SMILES string of the molecule is CCn1c(=O)oc(=O)c2cc(S(=O)(=O)NCCCN(C)C)ccc21. The molecular weight excluding hydrogens is 334 g/mol. The Morgan fingerprint density at radius 2 is 1.96 bits per heavy atom. The van der Waals surface area contributed by atoms with Crippen LogP contribution in [0, 0.1) is 0 Å². The van der Waals surface area contributed by atoms with Gasteiger partial charge in [-0.1, -0.05) is 0 Å². The molecule has 1 aromatic heterocycles. The molecule has 0 saturated carbocycles. The van der Waals surface area contributed by atoms with Gasteiger partial charge >= 0.3 is 11.4 Å².